The van der Waals surface area contributed by atoms with Crippen molar-refractivity contribution in [3.63, 3.8) is 0 Å². The Hall–Kier alpha value is -3.06. The maximum atomic E-state index is 12.6. The Morgan fingerprint density at radius 2 is 1.90 bits per heavy atom. The van der Waals surface area contributed by atoms with Crippen molar-refractivity contribution >= 4 is 39.9 Å². The van der Waals surface area contributed by atoms with Crippen molar-refractivity contribution < 1.29 is 9.90 Å². The number of thioether (sulfide) groups is 1. The van der Waals surface area contributed by atoms with Crippen LogP contribution in [0.3, 0.4) is 0 Å². The highest BCUT2D eigenvalue weighted by Crippen LogP contribution is 2.31. The second kappa shape index (κ2) is 7.40. The lowest BCUT2D eigenvalue weighted by Crippen LogP contribution is -2.22. The van der Waals surface area contributed by atoms with Gasteiger partial charge >= 0.3 is 0 Å². The maximum Gasteiger partial charge on any atom is 0.237 e. The summed E-state index contributed by atoms with van der Waals surface area (Å²) in [6.07, 6.45) is 0. The van der Waals surface area contributed by atoms with Crippen molar-refractivity contribution in [1.82, 2.24) is 14.6 Å². The van der Waals surface area contributed by atoms with Gasteiger partial charge in [0.1, 0.15) is 5.75 Å². The molecule has 148 valence electrons. The zero-order valence-corrected chi connectivity index (χ0v) is 17.5. The number of hydrogen-bond acceptors (Lipinski definition) is 5. The smallest absolute Gasteiger partial charge is 0.237 e. The molecule has 4 aromatic rings. The van der Waals surface area contributed by atoms with E-state index in [1.54, 1.807) is 18.2 Å². The van der Waals surface area contributed by atoms with E-state index in [-0.39, 0.29) is 11.7 Å². The van der Waals surface area contributed by atoms with E-state index in [1.807, 2.05) is 17.4 Å². The number of rotatable bonds is 4. The van der Waals surface area contributed by atoms with E-state index in [1.165, 1.54) is 23.4 Å². The van der Waals surface area contributed by atoms with Crippen LogP contribution < -0.4 is 5.32 Å². The molecule has 4 rings (SSSR count). The minimum atomic E-state index is -0.396. The Balaban J connectivity index is 1.69. The van der Waals surface area contributed by atoms with Crippen molar-refractivity contribution in [2.45, 2.75) is 38.1 Å². The first-order valence-electron chi connectivity index (χ1n) is 9.36. The molecule has 1 amide bonds. The average molecular weight is 407 g/mol. The Morgan fingerprint density at radius 1 is 1.10 bits per heavy atom. The van der Waals surface area contributed by atoms with Crippen molar-refractivity contribution in [2.75, 3.05) is 5.32 Å². The number of anilines is 1. The monoisotopic (exact) mass is 406 g/mol. The van der Waals surface area contributed by atoms with Gasteiger partial charge in [-0.1, -0.05) is 29.5 Å². The SMILES string of the molecule is Cc1cc(C)c2c(c1)c(C)cc1nnc(SC(C)C(=O)Nc3cccc(O)c3)n12. The number of fused-ring (bicyclic) bond motifs is 3. The molecule has 0 saturated heterocycles. The maximum absolute atomic E-state index is 12.6. The lowest BCUT2D eigenvalue weighted by atomic mass is 10.0. The molecule has 1 atom stereocenters. The second-order valence-corrected chi connectivity index (χ2v) is 8.59. The molecule has 7 heteroatoms. The van der Waals surface area contributed by atoms with Gasteiger partial charge in [-0.3, -0.25) is 9.20 Å². The van der Waals surface area contributed by atoms with Gasteiger partial charge in [-0.25, -0.2) is 0 Å². The molecule has 0 spiro atoms. The fourth-order valence-corrected chi connectivity index (χ4v) is 4.39. The van der Waals surface area contributed by atoms with Gasteiger partial charge in [0, 0.05) is 17.1 Å². The van der Waals surface area contributed by atoms with E-state index in [9.17, 15) is 9.90 Å². The molecular weight excluding hydrogens is 384 g/mol. The third-order valence-corrected chi connectivity index (χ3v) is 5.91. The second-order valence-electron chi connectivity index (χ2n) is 7.28. The summed E-state index contributed by atoms with van der Waals surface area (Å²) in [5, 5.41) is 22.5. The number of amides is 1. The topological polar surface area (TPSA) is 79.5 Å². The van der Waals surface area contributed by atoms with E-state index in [0.29, 0.717) is 10.8 Å². The van der Waals surface area contributed by atoms with E-state index in [0.717, 1.165) is 27.7 Å². The van der Waals surface area contributed by atoms with Gasteiger partial charge in [-0.15, -0.1) is 10.2 Å². The van der Waals surface area contributed by atoms with Gasteiger partial charge in [0.05, 0.1) is 10.8 Å². The molecule has 0 aliphatic carbocycles. The predicted molar refractivity (Wildman–Crippen MR) is 117 cm³/mol. The fraction of sp³-hybridized carbons (Fsp3) is 0.227. The Kier molecular flexibility index (Phi) is 4.92. The molecule has 0 aliphatic heterocycles. The molecular formula is C22H22N4O2S. The highest BCUT2D eigenvalue weighted by atomic mass is 32.2. The van der Waals surface area contributed by atoms with E-state index < -0.39 is 5.25 Å². The average Bonchev–Trinajstić information content (AvgIpc) is 3.03. The number of nitrogens with one attached hydrogen (secondary N) is 1. The summed E-state index contributed by atoms with van der Waals surface area (Å²) in [6, 6.07) is 12.8. The lowest BCUT2D eigenvalue weighted by molar-refractivity contribution is -0.115. The largest absolute Gasteiger partial charge is 0.508 e. The Labute approximate surface area is 173 Å². The molecule has 0 fully saturated rings. The van der Waals surface area contributed by atoms with Gasteiger partial charge in [0.15, 0.2) is 10.8 Å². The van der Waals surface area contributed by atoms with Crippen LogP contribution in [-0.4, -0.2) is 30.9 Å². The minimum absolute atomic E-state index is 0.110. The summed E-state index contributed by atoms with van der Waals surface area (Å²) in [5.41, 5.74) is 5.90. The quantitative estimate of drug-likeness (QED) is 0.483. The molecule has 2 N–H and O–H groups in total. The van der Waals surface area contributed by atoms with Crippen LogP contribution in [0.4, 0.5) is 5.69 Å². The Morgan fingerprint density at radius 3 is 2.66 bits per heavy atom. The highest BCUT2D eigenvalue weighted by molar-refractivity contribution is 8.00. The zero-order valence-electron chi connectivity index (χ0n) is 16.7. The van der Waals surface area contributed by atoms with E-state index in [4.69, 9.17) is 0 Å². The van der Waals surface area contributed by atoms with Crippen LogP contribution in [0.1, 0.15) is 23.6 Å². The van der Waals surface area contributed by atoms with Crippen molar-refractivity contribution in [3.05, 3.63) is 59.2 Å². The van der Waals surface area contributed by atoms with Gasteiger partial charge in [0.25, 0.3) is 0 Å². The van der Waals surface area contributed by atoms with Crippen LogP contribution >= 0.6 is 11.8 Å². The van der Waals surface area contributed by atoms with E-state index in [2.05, 4.69) is 48.4 Å². The number of hydrogen-bond donors (Lipinski definition) is 2. The van der Waals surface area contributed by atoms with Crippen LogP contribution in [0.5, 0.6) is 5.75 Å². The summed E-state index contributed by atoms with van der Waals surface area (Å²) in [7, 11) is 0. The molecule has 0 aliphatic rings. The standard InChI is InChI=1S/C22H22N4O2S/c1-12-8-14(3)20-18(9-12)13(2)10-19-24-25-22(26(19)20)29-15(4)21(28)23-16-6-5-7-17(27)11-16/h5-11,15,27H,1-4H3,(H,23,28). The van der Waals surface area contributed by atoms with Crippen molar-refractivity contribution in [1.29, 1.82) is 0 Å². The summed E-state index contributed by atoms with van der Waals surface area (Å²) in [5.74, 6) is -0.0551. The molecule has 0 bridgehead atoms. The number of phenols is 1. The molecule has 29 heavy (non-hydrogen) atoms. The van der Waals surface area contributed by atoms with Crippen LogP contribution in [0, 0.1) is 20.8 Å². The molecule has 1 unspecified atom stereocenters. The number of benzene rings is 2. The van der Waals surface area contributed by atoms with Gasteiger partial charge in [-0.05, 0) is 63.1 Å². The number of nitrogens with zero attached hydrogens (tertiary/aromatic N) is 3. The molecule has 0 radical (unpaired) electrons. The number of pyridine rings is 1. The van der Waals surface area contributed by atoms with Gasteiger partial charge in [-0.2, -0.15) is 0 Å². The molecule has 0 saturated carbocycles. The summed E-state index contributed by atoms with van der Waals surface area (Å²) < 4.78 is 2.03. The number of aromatic hydroxyl groups is 1. The van der Waals surface area contributed by atoms with Crippen LogP contribution in [-0.2, 0) is 4.79 Å². The minimum Gasteiger partial charge on any atom is -0.508 e. The first-order chi connectivity index (χ1) is 13.8. The van der Waals surface area contributed by atoms with E-state index >= 15 is 0 Å². The summed E-state index contributed by atoms with van der Waals surface area (Å²) >= 11 is 1.36. The molecule has 2 aromatic carbocycles. The number of carbonyl (C=O) groups is 1. The van der Waals surface area contributed by atoms with Gasteiger partial charge in [0.2, 0.25) is 5.91 Å². The molecule has 6 nitrogen and oxygen atoms in total. The molecule has 2 heterocycles. The first-order valence-corrected chi connectivity index (χ1v) is 10.2. The van der Waals surface area contributed by atoms with Crippen LogP contribution in [0.2, 0.25) is 0 Å². The van der Waals surface area contributed by atoms with Crippen molar-refractivity contribution in [3.8, 4) is 5.75 Å². The summed E-state index contributed by atoms with van der Waals surface area (Å²) in [4.78, 5) is 12.6. The normalized spacial score (nSPS) is 12.4. The number of aryl methyl sites for hydroxylation is 3. The van der Waals surface area contributed by atoms with Crippen molar-refractivity contribution in [2.24, 2.45) is 0 Å². The van der Waals surface area contributed by atoms with Crippen LogP contribution in [0.25, 0.3) is 16.6 Å². The third kappa shape index (κ3) is 3.65. The first kappa shape index (κ1) is 19.3. The number of phenolic OH excluding ortho intramolecular Hbond substituents is 1. The molecule has 2 aromatic heterocycles. The third-order valence-electron chi connectivity index (χ3n) is 4.86. The fourth-order valence-electron chi connectivity index (χ4n) is 3.53. The summed E-state index contributed by atoms with van der Waals surface area (Å²) in [6.45, 7) is 8.08. The number of carbonyl (C=O) groups excluding carboxylic acids is 1. The highest BCUT2D eigenvalue weighted by Gasteiger charge is 2.20. The number of aromatic nitrogens is 3. The zero-order chi connectivity index (χ0) is 20.7. The van der Waals surface area contributed by atoms with Gasteiger partial charge < -0.3 is 10.4 Å². The Bertz CT molecular complexity index is 1250. The predicted octanol–water partition coefficient (Wildman–Crippen LogP) is 4.63. The lowest BCUT2D eigenvalue weighted by Gasteiger charge is -2.14. The van der Waals surface area contributed by atoms with Crippen LogP contribution in [0.15, 0.2) is 47.6 Å².